The molecule has 0 aliphatic heterocycles. The van der Waals surface area contributed by atoms with Crippen LogP contribution < -0.4 is 4.89 Å². The van der Waals surface area contributed by atoms with Crippen LogP contribution in [0.5, 0.6) is 5.75 Å². The molecule has 1 aromatic carbocycles. The fourth-order valence-electron chi connectivity index (χ4n) is 1.32. The molecule has 18 heavy (non-hydrogen) atoms. The molecule has 1 aromatic heterocycles. The first-order valence-corrected chi connectivity index (χ1v) is 5.39. The Kier molecular flexibility index (Phi) is 3.52. The van der Waals surface area contributed by atoms with Gasteiger partial charge in [0.05, 0.1) is 12.4 Å². The third-order valence-corrected chi connectivity index (χ3v) is 2.19. The van der Waals surface area contributed by atoms with Gasteiger partial charge in [0.15, 0.2) is 5.82 Å². The lowest BCUT2D eigenvalue weighted by Gasteiger charge is -2.03. The van der Waals surface area contributed by atoms with E-state index in [-0.39, 0.29) is 5.75 Å². The Hall–Kier alpha value is -2.43. The van der Waals surface area contributed by atoms with Crippen LogP contribution in [-0.4, -0.2) is 15.9 Å². The normalized spacial score (nSPS) is 9.89. The van der Waals surface area contributed by atoms with Gasteiger partial charge < -0.3 is 0 Å². The van der Waals surface area contributed by atoms with Crippen LogP contribution in [0.1, 0.15) is 12.5 Å². The number of benzene rings is 1. The maximum atomic E-state index is 10.5. The largest absolute Gasteiger partial charge is 0.352 e. The third-order valence-electron chi connectivity index (χ3n) is 2.19. The van der Waals surface area contributed by atoms with Crippen LogP contribution in [0.4, 0.5) is 0 Å². The average molecular weight is 244 g/mol. The monoisotopic (exact) mass is 244 g/mol. The summed E-state index contributed by atoms with van der Waals surface area (Å²) in [6.45, 7) is 3.27. The summed E-state index contributed by atoms with van der Waals surface area (Å²) in [5, 5.41) is 0. The molecule has 0 radical (unpaired) electrons. The molecule has 5 heteroatoms. The molecule has 0 N–H and O–H groups in total. The predicted octanol–water partition coefficient (Wildman–Crippen LogP) is 2.31. The lowest BCUT2D eigenvalue weighted by Crippen LogP contribution is -2.03. The first kappa shape index (κ1) is 12.0. The van der Waals surface area contributed by atoms with Crippen LogP contribution in [0, 0.1) is 6.92 Å². The minimum Gasteiger partial charge on any atom is -0.284 e. The number of hydrogen-bond acceptors (Lipinski definition) is 5. The van der Waals surface area contributed by atoms with Crippen LogP contribution in [0.25, 0.3) is 11.4 Å². The van der Waals surface area contributed by atoms with Crippen molar-refractivity contribution in [2.75, 3.05) is 0 Å². The summed E-state index contributed by atoms with van der Waals surface area (Å²) in [6.07, 6.45) is 2.90. The van der Waals surface area contributed by atoms with Crippen molar-refractivity contribution in [1.82, 2.24) is 9.97 Å². The summed E-state index contributed by atoms with van der Waals surface area (Å²) in [5.74, 6) is 0.337. The molecule has 0 aliphatic carbocycles. The van der Waals surface area contributed by atoms with E-state index in [0.717, 1.165) is 5.56 Å². The van der Waals surface area contributed by atoms with E-state index in [2.05, 4.69) is 14.9 Å². The molecule has 2 aromatic rings. The first-order valence-electron chi connectivity index (χ1n) is 5.39. The van der Waals surface area contributed by atoms with E-state index in [1.807, 2.05) is 31.2 Å². The number of carbonyl (C=O) groups is 1. The van der Waals surface area contributed by atoms with Gasteiger partial charge in [0, 0.05) is 12.5 Å². The minimum absolute atomic E-state index is 0.279. The average Bonchev–Trinajstić information content (AvgIpc) is 2.38. The molecule has 0 amide bonds. The molecule has 1 heterocycles. The van der Waals surface area contributed by atoms with Crippen molar-refractivity contribution in [1.29, 1.82) is 0 Å². The van der Waals surface area contributed by atoms with Crippen molar-refractivity contribution in [2.45, 2.75) is 13.8 Å². The van der Waals surface area contributed by atoms with Crippen LogP contribution in [-0.2, 0) is 9.68 Å². The van der Waals surface area contributed by atoms with Gasteiger partial charge in [-0.3, -0.25) is 9.78 Å². The zero-order valence-corrected chi connectivity index (χ0v) is 10.1. The Morgan fingerprint density at radius 2 is 1.72 bits per heavy atom. The first-order chi connectivity index (χ1) is 8.65. The summed E-state index contributed by atoms with van der Waals surface area (Å²) in [7, 11) is 0. The van der Waals surface area contributed by atoms with Crippen LogP contribution >= 0.6 is 0 Å². The van der Waals surface area contributed by atoms with Crippen molar-refractivity contribution in [3.63, 3.8) is 0 Å². The van der Waals surface area contributed by atoms with Crippen molar-refractivity contribution in [3.05, 3.63) is 42.2 Å². The third kappa shape index (κ3) is 3.04. The maximum absolute atomic E-state index is 10.5. The van der Waals surface area contributed by atoms with Gasteiger partial charge in [0.25, 0.3) is 0 Å². The second-order valence-electron chi connectivity index (χ2n) is 3.77. The number of aryl methyl sites for hydroxylation is 1. The zero-order chi connectivity index (χ0) is 13.0. The molecule has 0 aliphatic rings. The van der Waals surface area contributed by atoms with Gasteiger partial charge >= 0.3 is 5.97 Å². The number of nitrogens with zero attached hydrogens (tertiary/aromatic N) is 2. The SMILES string of the molecule is CC(=O)OOc1cnc(-c2ccc(C)cc2)nc1. The lowest BCUT2D eigenvalue weighted by atomic mass is 10.1. The molecule has 92 valence electrons. The van der Waals surface area contributed by atoms with Crippen molar-refractivity contribution >= 4 is 5.97 Å². The van der Waals surface area contributed by atoms with E-state index in [1.165, 1.54) is 24.9 Å². The highest BCUT2D eigenvalue weighted by Crippen LogP contribution is 2.17. The number of aromatic nitrogens is 2. The van der Waals surface area contributed by atoms with Gasteiger partial charge in [0.1, 0.15) is 0 Å². The van der Waals surface area contributed by atoms with E-state index in [0.29, 0.717) is 5.82 Å². The fourth-order valence-corrected chi connectivity index (χ4v) is 1.32. The smallest absolute Gasteiger partial charge is 0.284 e. The topological polar surface area (TPSA) is 61.3 Å². The van der Waals surface area contributed by atoms with Gasteiger partial charge in [-0.25, -0.2) is 14.8 Å². The second kappa shape index (κ2) is 5.27. The predicted molar refractivity (Wildman–Crippen MR) is 64.6 cm³/mol. The Bertz CT molecular complexity index is 535. The van der Waals surface area contributed by atoms with E-state index in [4.69, 9.17) is 4.89 Å². The van der Waals surface area contributed by atoms with Crippen LogP contribution in [0.3, 0.4) is 0 Å². The van der Waals surface area contributed by atoms with Gasteiger partial charge in [-0.05, 0) is 6.92 Å². The van der Waals surface area contributed by atoms with Crippen molar-refractivity contribution < 1.29 is 14.6 Å². The van der Waals surface area contributed by atoms with Gasteiger partial charge in [-0.1, -0.05) is 29.8 Å². The van der Waals surface area contributed by atoms with E-state index >= 15 is 0 Å². The Morgan fingerprint density at radius 3 is 2.28 bits per heavy atom. The quantitative estimate of drug-likeness (QED) is 0.612. The molecule has 0 spiro atoms. The summed E-state index contributed by atoms with van der Waals surface area (Å²) < 4.78 is 0. The van der Waals surface area contributed by atoms with Gasteiger partial charge in [-0.2, -0.15) is 0 Å². The Morgan fingerprint density at radius 1 is 1.11 bits per heavy atom. The standard InChI is InChI=1S/C13H12N2O3/c1-9-3-5-11(6-4-9)13-14-7-12(8-15-13)18-17-10(2)16/h3-8H,1-2H3. The van der Waals surface area contributed by atoms with Crippen LogP contribution in [0.2, 0.25) is 0 Å². The highest BCUT2D eigenvalue weighted by atomic mass is 17.2. The summed E-state index contributed by atoms with van der Waals surface area (Å²) >= 11 is 0. The summed E-state index contributed by atoms with van der Waals surface area (Å²) in [5.41, 5.74) is 2.09. The Balaban J connectivity index is 2.12. The molecule has 0 bridgehead atoms. The zero-order valence-electron chi connectivity index (χ0n) is 10.1. The van der Waals surface area contributed by atoms with E-state index in [1.54, 1.807) is 0 Å². The summed E-state index contributed by atoms with van der Waals surface area (Å²) in [6, 6.07) is 7.86. The second-order valence-corrected chi connectivity index (χ2v) is 3.77. The molecule has 0 unspecified atom stereocenters. The lowest BCUT2D eigenvalue weighted by molar-refractivity contribution is -0.211. The van der Waals surface area contributed by atoms with Crippen molar-refractivity contribution in [3.8, 4) is 17.1 Å². The molecule has 0 saturated heterocycles. The molecule has 0 saturated carbocycles. The molecule has 0 atom stereocenters. The molecular formula is C13H12N2O3. The highest BCUT2D eigenvalue weighted by molar-refractivity contribution is 5.65. The van der Waals surface area contributed by atoms with Crippen molar-refractivity contribution in [2.24, 2.45) is 0 Å². The molecular weight excluding hydrogens is 232 g/mol. The van der Waals surface area contributed by atoms with Gasteiger partial charge in [-0.15, -0.1) is 0 Å². The Labute approximate surface area is 104 Å². The summed E-state index contributed by atoms with van der Waals surface area (Å²) in [4.78, 5) is 27.9. The minimum atomic E-state index is -0.530. The van der Waals surface area contributed by atoms with E-state index in [9.17, 15) is 4.79 Å². The van der Waals surface area contributed by atoms with Crippen LogP contribution in [0.15, 0.2) is 36.7 Å². The number of carbonyl (C=O) groups excluding carboxylic acids is 1. The number of hydrogen-bond donors (Lipinski definition) is 0. The van der Waals surface area contributed by atoms with E-state index < -0.39 is 5.97 Å². The molecule has 0 fully saturated rings. The van der Waals surface area contributed by atoms with Gasteiger partial charge in [0.2, 0.25) is 5.75 Å². The fraction of sp³-hybridized carbons (Fsp3) is 0.154. The highest BCUT2D eigenvalue weighted by Gasteiger charge is 2.03. The molecule has 5 nitrogen and oxygen atoms in total. The number of rotatable bonds is 3. The maximum Gasteiger partial charge on any atom is 0.352 e. The molecule has 2 rings (SSSR count).